The van der Waals surface area contributed by atoms with Crippen molar-refractivity contribution in [3.05, 3.63) is 35.1 Å². The number of hydrogen-bond acceptors (Lipinski definition) is 10. The number of benzene rings is 1. The number of aliphatic carboxylic acids is 1. The lowest BCUT2D eigenvalue weighted by Crippen LogP contribution is -2.74. The topological polar surface area (TPSA) is 169 Å². The summed E-state index contributed by atoms with van der Waals surface area (Å²) in [7, 11) is 1.98. The lowest BCUT2D eigenvalue weighted by molar-refractivity contribution is -0.170. The van der Waals surface area contributed by atoms with E-state index in [-0.39, 0.29) is 24.0 Å². The Morgan fingerprint density at radius 2 is 2.09 bits per heavy atom. The summed E-state index contributed by atoms with van der Waals surface area (Å²) in [5.74, 6) is -1.60. The number of esters is 1. The van der Waals surface area contributed by atoms with Crippen LogP contribution in [0.4, 0.5) is 0 Å². The smallest absolute Gasteiger partial charge is 0.328 e. The molecule has 1 fully saturated rings. The van der Waals surface area contributed by atoms with Gasteiger partial charge in [-0.05, 0) is 51.1 Å². The van der Waals surface area contributed by atoms with Crippen molar-refractivity contribution in [1.29, 1.82) is 0 Å². The van der Waals surface area contributed by atoms with Crippen LogP contribution in [0, 0.1) is 0 Å². The van der Waals surface area contributed by atoms with Gasteiger partial charge in [0.25, 0.3) is 0 Å². The standard InChI is InChI=1S/C24H30N2O9/c1-11(25-21(31)14(28)10-17(29)30)22(32)34-15-5-6-24(33)16-9-12-3-4-13(27)19-18(12)23(24,20(15)35-19)7-8-26(16)2/h3-5,11,14,16,20-21,25,27-28,31,33H,6-10H2,1-2H3,(H,29,30)/t11-,14-,16+,20-,21?,23-,24+/m0/s1. The number of aromatic hydroxyl groups is 1. The predicted molar refractivity (Wildman–Crippen MR) is 120 cm³/mol. The van der Waals surface area contributed by atoms with E-state index in [1.807, 2.05) is 13.1 Å². The third-order valence-corrected chi connectivity index (χ3v) is 8.09. The molecule has 0 amide bonds. The SMILES string of the molecule is C[C@H](NC(O)[C@@H](O)CC(=O)O)C(=O)OC1=CC[C@@]2(O)[C@H]3Cc4ccc(O)c5c4[C@@]2(CCN3C)[C@H]1O5. The molecule has 0 aromatic heterocycles. The number of carbonyl (C=O) groups excluding carboxylic acids is 1. The Labute approximate surface area is 201 Å². The van der Waals surface area contributed by atoms with Gasteiger partial charge in [-0.1, -0.05) is 6.07 Å². The van der Waals surface area contributed by atoms with Crippen LogP contribution < -0.4 is 10.1 Å². The van der Waals surface area contributed by atoms with Gasteiger partial charge in [-0.2, -0.15) is 0 Å². The minimum absolute atomic E-state index is 0.0384. The molecule has 2 aliphatic heterocycles. The van der Waals surface area contributed by atoms with Crippen LogP contribution in [-0.4, -0.2) is 92.1 Å². The second-order valence-corrected chi connectivity index (χ2v) is 10.0. The van der Waals surface area contributed by atoms with Gasteiger partial charge in [0.05, 0.1) is 17.4 Å². The number of aliphatic hydroxyl groups is 3. The molecule has 11 nitrogen and oxygen atoms in total. The van der Waals surface area contributed by atoms with Crippen LogP contribution in [-0.2, 0) is 26.2 Å². The van der Waals surface area contributed by atoms with Gasteiger partial charge in [-0.25, -0.2) is 4.79 Å². The van der Waals surface area contributed by atoms with Crippen LogP contribution in [0.15, 0.2) is 24.0 Å². The second-order valence-electron chi connectivity index (χ2n) is 10.0. The first-order chi connectivity index (χ1) is 16.5. The van der Waals surface area contributed by atoms with Crippen LogP contribution >= 0.6 is 0 Å². The van der Waals surface area contributed by atoms with Gasteiger partial charge in [0.2, 0.25) is 0 Å². The van der Waals surface area contributed by atoms with Gasteiger partial charge in [-0.3, -0.25) is 10.1 Å². The molecule has 2 heterocycles. The van der Waals surface area contributed by atoms with Crippen molar-refractivity contribution in [2.75, 3.05) is 13.6 Å². The fourth-order valence-electron chi connectivity index (χ4n) is 6.37. The van der Waals surface area contributed by atoms with Crippen molar-refractivity contribution in [2.45, 2.75) is 74.1 Å². The highest BCUT2D eigenvalue weighted by atomic mass is 16.6. The number of rotatable bonds is 7. The third-order valence-electron chi connectivity index (χ3n) is 8.09. The number of likely N-dealkylation sites (tertiary alicyclic amines) is 1. The van der Waals surface area contributed by atoms with Gasteiger partial charge in [0, 0.05) is 18.0 Å². The molecular formula is C24H30N2O9. The van der Waals surface area contributed by atoms with Crippen LogP contribution in [0.2, 0.25) is 0 Å². The average molecular weight is 491 g/mol. The number of carboxylic acid groups (broad SMARTS) is 1. The maximum atomic E-state index is 12.9. The summed E-state index contributed by atoms with van der Waals surface area (Å²) in [4.78, 5) is 25.8. The molecule has 2 bridgehead atoms. The molecular weight excluding hydrogens is 460 g/mol. The molecule has 35 heavy (non-hydrogen) atoms. The molecule has 2 aliphatic carbocycles. The normalized spacial score (nSPS) is 33.1. The Kier molecular flexibility index (Phi) is 5.61. The van der Waals surface area contributed by atoms with Crippen LogP contribution in [0.5, 0.6) is 11.5 Å². The summed E-state index contributed by atoms with van der Waals surface area (Å²) in [6.07, 6.45) is -1.79. The number of phenolic OH excluding ortho intramolecular Hbond substituents is 1. The second kappa shape index (κ2) is 8.17. The Balaban J connectivity index is 1.43. The molecule has 1 saturated heterocycles. The van der Waals surface area contributed by atoms with Crippen LogP contribution in [0.25, 0.3) is 0 Å². The Hall–Kier alpha value is -2.70. The fourth-order valence-corrected chi connectivity index (χ4v) is 6.37. The number of hydrogen-bond donors (Lipinski definition) is 6. The van der Waals surface area contributed by atoms with Gasteiger partial charge in [0.1, 0.15) is 24.1 Å². The minimum atomic E-state index is -1.66. The lowest BCUT2D eigenvalue weighted by Gasteiger charge is -2.61. The van der Waals surface area contributed by atoms with E-state index < -0.39 is 53.9 Å². The molecule has 0 radical (unpaired) electrons. The molecule has 6 N–H and O–H groups in total. The Morgan fingerprint density at radius 1 is 1.34 bits per heavy atom. The molecule has 0 saturated carbocycles. The van der Waals surface area contributed by atoms with Crippen molar-refractivity contribution < 1.29 is 44.6 Å². The van der Waals surface area contributed by atoms with E-state index in [1.54, 1.807) is 12.1 Å². The highest BCUT2D eigenvalue weighted by Crippen LogP contribution is 2.65. The number of phenols is 1. The minimum Gasteiger partial charge on any atom is -0.504 e. The number of nitrogens with zero attached hydrogens (tertiary/aromatic N) is 1. The summed E-state index contributed by atoms with van der Waals surface area (Å²) in [6.45, 7) is 2.10. The van der Waals surface area contributed by atoms with Gasteiger partial charge in [0.15, 0.2) is 17.6 Å². The number of likely N-dealkylation sites (N-methyl/N-ethyl adjacent to an activating group) is 1. The van der Waals surface area contributed by atoms with Gasteiger partial charge >= 0.3 is 11.9 Å². The molecule has 7 atom stereocenters. The van der Waals surface area contributed by atoms with E-state index in [4.69, 9.17) is 14.6 Å². The molecule has 1 aromatic rings. The highest BCUT2D eigenvalue weighted by Gasteiger charge is 2.72. The molecule has 4 aliphatic rings. The molecule has 11 heteroatoms. The largest absolute Gasteiger partial charge is 0.504 e. The maximum Gasteiger partial charge on any atom is 0.328 e. The third kappa shape index (κ3) is 3.37. The fraction of sp³-hybridized carbons (Fsp3) is 0.583. The first-order valence-electron chi connectivity index (χ1n) is 11.7. The number of aliphatic hydroxyl groups excluding tert-OH is 2. The number of carbonyl (C=O) groups is 2. The zero-order valence-corrected chi connectivity index (χ0v) is 19.5. The first kappa shape index (κ1) is 24.0. The average Bonchev–Trinajstić information content (AvgIpc) is 3.15. The van der Waals surface area contributed by atoms with E-state index in [9.17, 15) is 30.0 Å². The van der Waals surface area contributed by atoms with E-state index in [0.29, 0.717) is 25.1 Å². The summed E-state index contributed by atoms with van der Waals surface area (Å²) < 4.78 is 11.9. The van der Waals surface area contributed by atoms with Crippen molar-refractivity contribution >= 4 is 11.9 Å². The molecule has 1 aromatic carbocycles. The zero-order valence-electron chi connectivity index (χ0n) is 19.5. The Bertz CT molecular complexity index is 1110. The first-order valence-corrected chi connectivity index (χ1v) is 11.7. The molecule has 5 rings (SSSR count). The number of piperidine rings is 1. The molecule has 1 spiro atoms. The predicted octanol–water partition coefficient (Wildman–Crippen LogP) is -0.655. The summed E-state index contributed by atoms with van der Waals surface area (Å²) in [6, 6.07) is 2.17. The van der Waals surface area contributed by atoms with Crippen molar-refractivity contribution in [3.63, 3.8) is 0 Å². The highest BCUT2D eigenvalue weighted by molar-refractivity contribution is 5.77. The van der Waals surface area contributed by atoms with Crippen molar-refractivity contribution in [2.24, 2.45) is 0 Å². The number of ether oxygens (including phenoxy) is 2. The monoisotopic (exact) mass is 490 g/mol. The van der Waals surface area contributed by atoms with Crippen molar-refractivity contribution in [1.82, 2.24) is 10.2 Å². The van der Waals surface area contributed by atoms with E-state index in [0.717, 1.165) is 11.1 Å². The number of carboxylic acids is 1. The zero-order chi connectivity index (χ0) is 25.3. The summed E-state index contributed by atoms with van der Waals surface area (Å²) >= 11 is 0. The Morgan fingerprint density at radius 3 is 2.80 bits per heavy atom. The maximum absolute atomic E-state index is 12.9. The van der Waals surface area contributed by atoms with Gasteiger partial charge in [-0.15, -0.1) is 0 Å². The number of nitrogens with one attached hydrogen (secondary N) is 1. The quantitative estimate of drug-likeness (QED) is 0.212. The van der Waals surface area contributed by atoms with Crippen molar-refractivity contribution in [3.8, 4) is 11.5 Å². The van der Waals surface area contributed by atoms with E-state index in [1.165, 1.54) is 6.92 Å². The van der Waals surface area contributed by atoms with Crippen LogP contribution in [0.3, 0.4) is 0 Å². The summed E-state index contributed by atoms with van der Waals surface area (Å²) in [5, 5.41) is 53.6. The van der Waals surface area contributed by atoms with E-state index >= 15 is 0 Å². The van der Waals surface area contributed by atoms with Crippen LogP contribution in [0.1, 0.15) is 37.3 Å². The molecule has 1 unspecified atom stereocenters. The molecule has 190 valence electrons. The van der Waals surface area contributed by atoms with Gasteiger partial charge < -0.3 is 39.9 Å². The lowest BCUT2D eigenvalue weighted by atomic mass is 9.50. The van der Waals surface area contributed by atoms with E-state index in [2.05, 4.69) is 10.2 Å². The summed E-state index contributed by atoms with van der Waals surface area (Å²) in [5.41, 5.74) is -0.327.